The fourth-order valence-corrected chi connectivity index (χ4v) is 5.79. The van der Waals surface area contributed by atoms with E-state index in [9.17, 15) is 9.59 Å². The van der Waals surface area contributed by atoms with Gasteiger partial charge >= 0.3 is 5.97 Å². The maximum absolute atomic E-state index is 14.0. The fourth-order valence-electron chi connectivity index (χ4n) is 5.79. The zero-order valence-corrected chi connectivity index (χ0v) is 24.7. The Kier molecular flexibility index (Phi) is 8.67. The quantitative estimate of drug-likeness (QED) is 0.292. The third kappa shape index (κ3) is 6.05. The van der Waals surface area contributed by atoms with Crippen LogP contribution in [0.5, 0.6) is 17.2 Å². The van der Waals surface area contributed by atoms with E-state index in [0.717, 1.165) is 22.4 Å². The third-order valence-corrected chi connectivity index (χ3v) is 7.71. The summed E-state index contributed by atoms with van der Waals surface area (Å²) in [6.45, 7) is 5.92. The maximum Gasteiger partial charge on any atom is 0.337 e. The number of benzene rings is 3. The highest BCUT2D eigenvalue weighted by molar-refractivity contribution is 6.04. The highest BCUT2D eigenvalue weighted by Gasteiger charge is 2.41. The number of hydrogen-bond donors (Lipinski definition) is 1. The number of hydrogen-bond acceptors (Lipinski definition) is 7. The highest BCUT2D eigenvalue weighted by Crippen LogP contribution is 2.47. The van der Waals surface area contributed by atoms with E-state index >= 15 is 0 Å². The average Bonchev–Trinajstić information content (AvgIpc) is 2.99. The van der Waals surface area contributed by atoms with Crippen molar-refractivity contribution in [2.45, 2.75) is 58.2 Å². The molecule has 1 aliphatic heterocycles. The maximum atomic E-state index is 14.0. The van der Waals surface area contributed by atoms with Crippen LogP contribution < -0.4 is 19.5 Å². The van der Waals surface area contributed by atoms with Crippen LogP contribution in [0.15, 0.2) is 95.3 Å². The van der Waals surface area contributed by atoms with Gasteiger partial charge in [-0.05, 0) is 74.1 Å². The molecule has 0 radical (unpaired) electrons. The number of rotatable bonds is 9. The molecule has 2 aliphatic rings. The van der Waals surface area contributed by atoms with Crippen LogP contribution in [0.2, 0.25) is 0 Å². The van der Waals surface area contributed by atoms with Crippen molar-refractivity contribution in [3.63, 3.8) is 0 Å². The van der Waals surface area contributed by atoms with Gasteiger partial charge in [-0.25, -0.2) is 4.79 Å². The molecule has 0 spiro atoms. The van der Waals surface area contributed by atoms with Gasteiger partial charge in [-0.15, -0.1) is 0 Å². The standard InChI is InChI=1S/C35H37NO6/c1-21(2)42-35(38)32-22(3)36-28-17-26(24-14-15-30(39-4)31(19-24)40-5)18-29(37)34(28)33(32)25-12-9-13-27(16-25)41-20-23-10-7-6-8-11-23/h6-16,19,21,26,33,36H,17-18,20H2,1-5H3/t26-,33+/m1/s1. The van der Waals surface area contributed by atoms with Crippen LogP contribution in [-0.4, -0.2) is 32.1 Å². The molecule has 0 bridgehead atoms. The van der Waals surface area contributed by atoms with Crippen LogP contribution >= 0.6 is 0 Å². The Morgan fingerprint density at radius 3 is 2.38 bits per heavy atom. The van der Waals surface area contributed by atoms with Crippen LogP contribution in [0.1, 0.15) is 62.1 Å². The zero-order chi connectivity index (χ0) is 29.8. The van der Waals surface area contributed by atoms with Crippen LogP contribution in [0.4, 0.5) is 0 Å². The number of allylic oxidation sites excluding steroid dienone is 3. The summed E-state index contributed by atoms with van der Waals surface area (Å²) in [7, 11) is 3.20. The molecule has 0 unspecified atom stereocenters. The summed E-state index contributed by atoms with van der Waals surface area (Å²) in [5, 5.41) is 3.42. The molecule has 1 heterocycles. The topological polar surface area (TPSA) is 83.1 Å². The molecule has 218 valence electrons. The highest BCUT2D eigenvalue weighted by atomic mass is 16.5. The lowest BCUT2D eigenvalue weighted by Gasteiger charge is -2.37. The summed E-state index contributed by atoms with van der Waals surface area (Å²) >= 11 is 0. The number of methoxy groups -OCH3 is 2. The number of esters is 1. The van der Waals surface area contributed by atoms with Crippen molar-refractivity contribution in [2.75, 3.05) is 14.2 Å². The molecular weight excluding hydrogens is 530 g/mol. The lowest BCUT2D eigenvalue weighted by Crippen LogP contribution is -2.36. The minimum atomic E-state index is -0.577. The van der Waals surface area contributed by atoms with Crippen molar-refractivity contribution >= 4 is 11.8 Å². The second-order valence-corrected chi connectivity index (χ2v) is 10.9. The molecule has 3 aromatic rings. The van der Waals surface area contributed by atoms with Gasteiger partial charge in [0, 0.05) is 29.3 Å². The van der Waals surface area contributed by atoms with Crippen molar-refractivity contribution < 1.29 is 28.5 Å². The first-order valence-corrected chi connectivity index (χ1v) is 14.2. The van der Waals surface area contributed by atoms with Crippen molar-refractivity contribution in [1.82, 2.24) is 5.32 Å². The number of Topliss-reactive ketones (excluding diaryl/α,β-unsaturated/α-hetero) is 1. The summed E-state index contributed by atoms with van der Waals surface area (Å²) in [5.41, 5.74) is 5.41. The number of carbonyl (C=O) groups excluding carboxylic acids is 2. The van der Waals surface area contributed by atoms with E-state index in [-0.39, 0.29) is 17.8 Å². The van der Waals surface area contributed by atoms with E-state index in [1.54, 1.807) is 14.2 Å². The molecule has 0 fully saturated rings. The third-order valence-electron chi connectivity index (χ3n) is 7.71. The Balaban J connectivity index is 1.52. The predicted molar refractivity (Wildman–Crippen MR) is 161 cm³/mol. The van der Waals surface area contributed by atoms with E-state index in [1.165, 1.54) is 0 Å². The molecule has 1 N–H and O–H groups in total. The van der Waals surface area contributed by atoms with E-state index in [0.29, 0.717) is 53.5 Å². The second kappa shape index (κ2) is 12.6. The van der Waals surface area contributed by atoms with Gasteiger partial charge < -0.3 is 24.3 Å². The Morgan fingerprint density at radius 2 is 1.67 bits per heavy atom. The average molecular weight is 568 g/mol. The van der Waals surface area contributed by atoms with Gasteiger partial charge in [-0.2, -0.15) is 0 Å². The lowest BCUT2D eigenvalue weighted by atomic mass is 9.71. The summed E-state index contributed by atoms with van der Waals surface area (Å²) in [6, 6.07) is 23.4. The number of ether oxygens (including phenoxy) is 4. The van der Waals surface area contributed by atoms with Gasteiger partial charge in [-0.1, -0.05) is 48.5 Å². The summed E-state index contributed by atoms with van der Waals surface area (Å²) in [5.74, 6) is 0.856. The first-order valence-electron chi connectivity index (χ1n) is 14.2. The minimum absolute atomic E-state index is 0.00788. The van der Waals surface area contributed by atoms with Crippen LogP contribution in [0, 0.1) is 0 Å². The van der Waals surface area contributed by atoms with Gasteiger partial charge in [0.1, 0.15) is 12.4 Å². The Bertz CT molecular complexity index is 1540. The molecule has 0 amide bonds. The molecule has 2 atom stereocenters. The minimum Gasteiger partial charge on any atom is -0.493 e. The smallest absolute Gasteiger partial charge is 0.337 e. The van der Waals surface area contributed by atoms with Gasteiger partial charge in [-0.3, -0.25) is 4.79 Å². The lowest BCUT2D eigenvalue weighted by molar-refractivity contribution is -0.143. The van der Waals surface area contributed by atoms with Crippen LogP contribution in [0.3, 0.4) is 0 Å². The van der Waals surface area contributed by atoms with Crippen molar-refractivity contribution in [2.24, 2.45) is 0 Å². The SMILES string of the molecule is COc1ccc([C@H]2CC(=O)C3=C(C2)NC(C)=C(C(=O)OC(C)C)[C@@H]3c2cccc(OCc3ccccc3)c2)cc1OC. The van der Waals surface area contributed by atoms with Crippen LogP contribution in [-0.2, 0) is 20.9 Å². The summed E-state index contributed by atoms with van der Waals surface area (Å²) in [6.07, 6.45) is 0.620. The molecule has 7 heteroatoms. The Morgan fingerprint density at radius 1 is 0.905 bits per heavy atom. The Hall–Kier alpha value is -4.52. The van der Waals surface area contributed by atoms with Gasteiger partial charge in [0.05, 0.1) is 25.9 Å². The van der Waals surface area contributed by atoms with E-state index in [2.05, 4.69) is 5.32 Å². The number of dihydropyridines is 1. The summed E-state index contributed by atoms with van der Waals surface area (Å²) < 4.78 is 22.7. The van der Waals surface area contributed by atoms with E-state index < -0.39 is 11.9 Å². The normalized spacial score (nSPS) is 18.4. The van der Waals surface area contributed by atoms with Crippen LogP contribution in [0.25, 0.3) is 0 Å². The van der Waals surface area contributed by atoms with E-state index in [1.807, 2.05) is 93.6 Å². The molecule has 1 aliphatic carbocycles. The molecule has 42 heavy (non-hydrogen) atoms. The number of carbonyl (C=O) groups is 2. The fraction of sp³-hybridized carbons (Fsp3) is 0.314. The molecule has 0 aromatic heterocycles. The molecule has 0 saturated heterocycles. The van der Waals surface area contributed by atoms with Gasteiger partial charge in [0.15, 0.2) is 17.3 Å². The summed E-state index contributed by atoms with van der Waals surface area (Å²) in [4.78, 5) is 27.5. The predicted octanol–water partition coefficient (Wildman–Crippen LogP) is 6.60. The molecule has 3 aromatic carbocycles. The first kappa shape index (κ1) is 29.0. The Labute approximate surface area is 247 Å². The molecule has 7 nitrogen and oxygen atoms in total. The van der Waals surface area contributed by atoms with Crippen molar-refractivity contribution in [3.05, 3.63) is 112 Å². The van der Waals surface area contributed by atoms with Crippen molar-refractivity contribution in [3.8, 4) is 17.2 Å². The number of ketones is 1. The van der Waals surface area contributed by atoms with Gasteiger partial charge in [0.2, 0.25) is 0 Å². The van der Waals surface area contributed by atoms with Crippen molar-refractivity contribution in [1.29, 1.82) is 0 Å². The largest absolute Gasteiger partial charge is 0.493 e. The van der Waals surface area contributed by atoms with E-state index in [4.69, 9.17) is 18.9 Å². The molecule has 0 saturated carbocycles. The first-order chi connectivity index (χ1) is 20.3. The number of nitrogens with one attached hydrogen (secondary N) is 1. The monoisotopic (exact) mass is 567 g/mol. The zero-order valence-electron chi connectivity index (χ0n) is 24.7. The molecular formula is C35H37NO6. The van der Waals surface area contributed by atoms with Gasteiger partial charge in [0.25, 0.3) is 0 Å². The second-order valence-electron chi connectivity index (χ2n) is 10.9. The molecule has 5 rings (SSSR count).